The van der Waals surface area contributed by atoms with Crippen molar-refractivity contribution in [1.82, 2.24) is 5.32 Å². The Morgan fingerprint density at radius 2 is 1.60 bits per heavy atom. The molecule has 2 aromatic rings. The van der Waals surface area contributed by atoms with Crippen molar-refractivity contribution in [2.45, 2.75) is 24.6 Å². The fourth-order valence-corrected chi connectivity index (χ4v) is 3.92. The quantitative estimate of drug-likeness (QED) is 0.705. The van der Waals surface area contributed by atoms with E-state index in [0.717, 1.165) is 5.56 Å². The minimum Gasteiger partial charge on any atom is -0.354 e. The van der Waals surface area contributed by atoms with Crippen LogP contribution in [0.1, 0.15) is 24.5 Å². The van der Waals surface area contributed by atoms with E-state index in [9.17, 15) is 13.2 Å². The molecule has 0 aromatic heterocycles. The molecule has 0 saturated heterocycles. The third-order valence-corrected chi connectivity index (χ3v) is 5.68. The van der Waals surface area contributed by atoms with Gasteiger partial charge in [0.25, 0.3) is 0 Å². The van der Waals surface area contributed by atoms with Crippen LogP contribution < -0.4 is 11.1 Å². The first-order valence-electron chi connectivity index (χ1n) is 8.18. The fourth-order valence-electron chi connectivity index (χ4n) is 2.49. The summed E-state index contributed by atoms with van der Waals surface area (Å²) in [5.74, 6) is -0.283. The molecule has 0 radical (unpaired) electrons. The molecular formula is C19H24N2O3S. The lowest BCUT2D eigenvalue weighted by Crippen LogP contribution is -2.49. The number of carbonyl (C=O) groups excluding carboxylic acids is 1. The van der Waals surface area contributed by atoms with E-state index < -0.39 is 15.4 Å². The molecule has 3 N–H and O–H groups in total. The molecule has 6 heteroatoms. The SMILES string of the molecule is CC(N)(C(=O)NCCCS(=O)(=O)Cc1ccccc1)c1ccccc1. The fraction of sp³-hybridized carbons (Fsp3) is 0.316. The van der Waals surface area contributed by atoms with Gasteiger partial charge in [-0.15, -0.1) is 0 Å². The second-order valence-electron chi connectivity index (χ2n) is 6.26. The van der Waals surface area contributed by atoms with Gasteiger partial charge < -0.3 is 11.1 Å². The van der Waals surface area contributed by atoms with Crippen LogP contribution >= 0.6 is 0 Å². The highest BCUT2D eigenvalue weighted by Gasteiger charge is 2.29. The molecule has 5 nitrogen and oxygen atoms in total. The van der Waals surface area contributed by atoms with E-state index in [4.69, 9.17) is 5.73 Å². The van der Waals surface area contributed by atoms with Gasteiger partial charge in [0.2, 0.25) is 5.91 Å². The molecule has 25 heavy (non-hydrogen) atoms. The summed E-state index contributed by atoms with van der Waals surface area (Å²) in [6, 6.07) is 18.2. The molecule has 134 valence electrons. The Morgan fingerprint density at radius 1 is 1.04 bits per heavy atom. The Balaban J connectivity index is 1.81. The number of hydrogen-bond acceptors (Lipinski definition) is 4. The van der Waals surface area contributed by atoms with Gasteiger partial charge in [0, 0.05) is 6.54 Å². The zero-order chi connectivity index (χ0) is 18.3. The molecule has 0 aliphatic heterocycles. The summed E-state index contributed by atoms with van der Waals surface area (Å²) in [4.78, 5) is 12.3. The van der Waals surface area contributed by atoms with Crippen molar-refractivity contribution in [3.05, 3.63) is 71.8 Å². The van der Waals surface area contributed by atoms with E-state index in [0.29, 0.717) is 12.0 Å². The zero-order valence-electron chi connectivity index (χ0n) is 14.3. The van der Waals surface area contributed by atoms with E-state index in [2.05, 4.69) is 5.32 Å². The molecule has 1 unspecified atom stereocenters. The highest BCUT2D eigenvalue weighted by atomic mass is 32.2. The van der Waals surface area contributed by atoms with E-state index >= 15 is 0 Å². The third-order valence-electron chi connectivity index (χ3n) is 3.99. The summed E-state index contributed by atoms with van der Waals surface area (Å²) in [6.07, 6.45) is 0.353. The molecular weight excluding hydrogens is 336 g/mol. The van der Waals surface area contributed by atoms with Crippen LogP contribution in [-0.4, -0.2) is 26.6 Å². The summed E-state index contributed by atoms with van der Waals surface area (Å²) < 4.78 is 24.3. The number of carbonyl (C=O) groups is 1. The number of amides is 1. The van der Waals surface area contributed by atoms with Crippen molar-refractivity contribution >= 4 is 15.7 Å². The highest BCUT2D eigenvalue weighted by molar-refractivity contribution is 7.90. The smallest absolute Gasteiger partial charge is 0.244 e. The molecule has 0 aliphatic rings. The van der Waals surface area contributed by atoms with Gasteiger partial charge in [0.15, 0.2) is 9.84 Å². The predicted molar refractivity (Wildman–Crippen MR) is 99.5 cm³/mol. The molecule has 0 aliphatic carbocycles. The lowest BCUT2D eigenvalue weighted by atomic mass is 9.92. The van der Waals surface area contributed by atoms with Gasteiger partial charge in [-0.1, -0.05) is 60.7 Å². The van der Waals surface area contributed by atoms with Gasteiger partial charge in [-0.3, -0.25) is 4.79 Å². The molecule has 0 fully saturated rings. The topological polar surface area (TPSA) is 89.3 Å². The molecule has 1 amide bonds. The molecule has 2 rings (SSSR count). The molecule has 0 saturated carbocycles. The first-order chi connectivity index (χ1) is 11.8. The predicted octanol–water partition coefficient (Wildman–Crippen LogP) is 1.98. The minimum atomic E-state index is -3.20. The summed E-state index contributed by atoms with van der Waals surface area (Å²) in [5.41, 5.74) is 6.45. The number of sulfone groups is 1. The summed E-state index contributed by atoms with van der Waals surface area (Å²) in [7, 11) is -3.20. The van der Waals surface area contributed by atoms with Crippen LogP contribution in [0.5, 0.6) is 0 Å². The van der Waals surface area contributed by atoms with Crippen molar-refractivity contribution in [3.8, 4) is 0 Å². The second-order valence-corrected chi connectivity index (χ2v) is 8.44. The average molecular weight is 360 g/mol. The van der Waals surface area contributed by atoms with E-state index in [-0.39, 0.29) is 24.0 Å². The summed E-state index contributed by atoms with van der Waals surface area (Å²) >= 11 is 0. The maximum absolute atomic E-state index is 12.3. The zero-order valence-corrected chi connectivity index (χ0v) is 15.1. The maximum atomic E-state index is 12.3. The monoisotopic (exact) mass is 360 g/mol. The Labute approximate surface area is 149 Å². The summed E-state index contributed by atoms with van der Waals surface area (Å²) in [6.45, 7) is 1.91. The van der Waals surface area contributed by atoms with E-state index in [1.807, 2.05) is 36.4 Å². The van der Waals surface area contributed by atoms with E-state index in [1.165, 1.54) is 0 Å². The largest absolute Gasteiger partial charge is 0.354 e. The van der Waals surface area contributed by atoms with Crippen molar-refractivity contribution < 1.29 is 13.2 Å². The number of nitrogens with two attached hydrogens (primary N) is 1. The van der Waals surface area contributed by atoms with Crippen molar-refractivity contribution in [2.75, 3.05) is 12.3 Å². The molecule has 0 spiro atoms. The van der Waals surface area contributed by atoms with Gasteiger partial charge in [-0.25, -0.2) is 8.42 Å². The van der Waals surface area contributed by atoms with Crippen LogP contribution in [0.4, 0.5) is 0 Å². The molecule has 0 heterocycles. The van der Waals surface area contributed by atoms with Gasteiger partial charge in [0.05, 0.1) is 11.5 Å². The molecule has 2 aromatic carbocycles. The third kappa shape index (κ3) is 5.69. The first kappa shape index (κ1) is 19.1. The molecule has 1 atom stereocenters. The number of benzene rings is 2. The van der Waals surface area contributed by atoms with E-state index in [1.54, 1.807) is 31.2 Å². The summed E-state index contributed by atoms with van der Waals surface area (Å²) in [5, 5.41) is 2.73. The number of nitrogens with one attached hydrogen (secondary N) is 1. The van der Waals surface area contributed by atoms with Crippen LogP contribution in [0.3, 0.4) is 0 Å². The minimum absolute atomic E-state index is 0.0143. The van der Waals surface area contributed by atoms with Crippen LogP contribution in [-0.2, 0) is 25.9 Å². The Morgan fingerprint density at radius 3 is 2.20 bits per heavy atom. The normalized spacial score (nSPS) is 13.8. The van der Waals surface area contributed by atoms with Gasteiger partial charge in [-0.05, 0) is 24.5 Å². The van der Waals surface area contributed by atoms with Gasteiger partial charge in [-0.2, -0.15) is 0 Å². The van der Waals surface area contributed by atoms with Gasteiger partial charge >= 0.3 is 0 Å². The first-order valence-corrected chi connectivity index (χ1v) is 10.0. The average Bonchev–Trinajstić information content (AvgIpc) is 2.59. The van der Waals surface area contributed by atoms with Crippen molar-refractivity contribution in [1.29, 1.82) is 0 Å². The van der Waals surface area contributed by atoms with Crippen LogP contribution in [0.25, 0.3) is 0 Å². The van der Waals surface area contributed by atoms with Crippen LogP contribution in [0.15, 0.2) is 60.7 Å². The lowest BCUT2D eigenvalue weighted by Gasteiger charge is -2.24. The molecule has 0 bridgehead atoms. The Bertz CT molecular complexity index is 788. The van der Waals surface area contributed by atoms with Gasteiger partial charge in [0.1, 0.15) is 5.54 Å². The van der Waals surface area contributed by atoms with Crippen LogP contribution in [0.2, 0.25) is 0 Å². The number of rotatable bonds is 8. The standard InChI is InChI=1S/C19H24N2O3S/c1-19(20,17-11-6-3-7-12-17)18(22)21-13-8-14-25(23,24)15-16-9-4-2-5-10-16/h2-7,9-12H,8,13-15,20H2,1H3,(H,21,22). The second kappa shape index (κ2) is 8.27. The lowest BCUT2D eigenvalue weighted by molar-refractivity contribution is -0.126. The Hall–Kier alpha value is -2.18. The maximum Gasteiger partial charge on any atom is 0.244 e. The van der Waals surface area contributed by atoms with Crippen LogP contribution in [0, 0.1) is 0 Å². The number of hydrogen-bond donors (Lipinski definition) is 2. The van der Waals surface area contributed by atoms with Crippen molar-refractivity contribution in [2.24, 2.45) is 5.73 Å². The van der Waals surface area contributed by atoms with Crippen molar-refractivity contribution in [3.63, 3.8) is 0 Å². The highest BCUT2D eigenvalue weighted by Crippen LogP contribution is 2.17. The Kier molecular flexibility index (Phi) is 6.33.